The highest BCUT2D eigenvalue weighted by atomic mass is 35.5. The third-order valence-corrected chi connectivity index (χ3v) is 1.28. The fourth-order valence-electron chi connectivity index (χ4n) is 0.538. The van der Waals surface area contributed by atoms with E-state index in [4.69, 9.17) is 11.6 Å². The third-order valence-electron chi connectivity index (χ3n) is 0.979. The Labute approximate surface area is 62.3 Å². The molecule has 0 fully saturated rings. The van der Waals surface area contributed by atoms with Crippen LogP contribution in [-0.4, -0.2) is 11.0 Å². The zero-order valence-electron chi connectivity index (χ0n) is 4.87. The first-order valence-corrected chi connectivity index (χ1v) is 2.91. The van der Waals surface area contributed by atoms with E-state index in [2.05, 4.69) is 4.98 Å². The van der Waals surface area contributed by atoms with E-state index in [1.165, 1.54) is 18.3 Å². The molecule has 1 heterocycles. The molecule has 0 N–H and O–H groups in total. The van der Waals surface area contributed by atoms with Gasteiger partial charge >= 0.3 is 0 Å². The van der Waals surface area contributed by atoms with Gasteiger partial charge in [-0.15, -0.1) is 0 Å². The highest BCUT2D eigenvalue weighted by Gasteiger charge is 1.98. The van der Waals surface area contributed by atoms with Crippen LogP contribution in [0.1, 0.15) is 10.4 Å². The average molecular weight is 157 g/mol. The second kappa shape index (κ2) is 2.66. The van der Waals surface area contributed by atoms with Crippen LogP contribution in [0.25, 0.3) is 0 Å². The van der Waals surface area contributed by atoms with Crippen molar-refractivity contribution in [1.29, 1.82) is 0 Å². The van der Waals surface area contributed by atoms with Gasteiger partial charge in [0.25, 0.3) is 0 Å². The number of aromatic carboxylic acids is 1. The van der Waals surface area contributed by atoms with Crippen LogP contribution in [0, 0.1) is 0 Å². The summed E-state index contributed by atoms with van der Waals surface area (Å²) >= 11 is 5.39. The maximum atomic E-state index is 10.2. The van der Waals surface area contributed by atoms with Crippen LogP contribution >= 0.6 is 11.6 Å². The van der Waals surface area contributed by atoms with Crippen molar-refractivity contribution in [1.82, 2.24) is 4.98 Å². The summed E-state index contributed by atoms with van der Waals surface area (Å²) in [6.45, 7) is 0. The number of nitrogens with zero attached hydrogens (tertiary/aromatic N) is 1. The van der Waals surface area contributed by atoms with Gasteiger partial charge in [-0.2, -0.15) is 0 Å². The van der Waals surface area contributed by atoms with Crippen molar-refractivity contribution < 1.29 is 9.90 Å². The molecular formula is C6H3ClNO2-. The number of carbonyl (C=O) groups is 1. The Morgan fingerprint density at radius 1 is 1.70 bits per heavy atom. The number of aromatic nitrogens is 1. The van der Waals surface area contributed by atoms with Gasteiger partial charge in [0, 0.05) is 11.8 Å². The van der Waals surface area contributed by atoms with E-state index >= 15 is 0 Å². The van der Waals surface area contributed by atoms with E-state index in [0.29, 0.717) is 0 Å². The van der Waals surface area contributed by atoms with Gasteiger partial charge in [0.05, 0.1) is 5.97 Å². The summed E-state index contributed by atoms with van der Waals surface area (Å²) in [6.07, 6.45) is 1.41. The van der Waals surface area contributed by atoms with Gasteiger partial charge in [0.15, 0.2) is 0 Å². The Bertz CT molecular complexity index is 262. The number of hydrogen-bond acceptors (Lipinski definition) is 3. The molecule has 0 aliphatic carbocycles. The molecule has 0 atom stereocenters. The van der Waals surface area contributed by atoms with E-state index in [1.54, 1.807) is 0 Å². The summed E-state index contributed by atoms with van der Waals surface area (Å²) in [4.78, 5) is 13.7. The van der Waals surface area contributed by atoms with E-state index in [1.807, 2.05) is 0 Å². The van der Waals surface area contributed by atoms with Crippen molar-refractivity contribution >= 4 is 17.6 Å². The molecule has 10 heavy (non-hydrogen) atoms. The summed E-state index contributed by atoms with van der Waals surface area (Å²) in [5.41, 5.74) is -0.0795. The van der Waals surface area contributed by atoms with Crippen LogP contribution in [0.4, 0.5) is 0 Å². The fraction of sp³-hybridized carbons (Fsp3) is 0. The zero-order chi connectivity index (χ0) is 7.56. The highest BCUT2D eigenvalue weighted by molar-refractivity contribution is 6.32. The van der Waals surface area contributed by atoms with Gasteiger partial charge in [-0.25, -0.2) is 4.98 Å². The number of carbonyl (C=O) groups excluding carboxylic acids is 1. The van der Waals surface area contributed by atoms with E-state index in [9.17, 15) is 9.90 Å². The van der Waals surface area contributed by atoms with Crippen LogP contribution in [0.5, 0.6) is 0 Å². The predicted octanol–water partition coefficient (Wildman–Crippen LogP) is 0.0985. The Hall–Kier alpha value is -1.09. The van der Waals surface area contributed by atoms with Gasteiger partial charge in [-0.05, 0) is 12.1 Å². The molecule has 0 aliphatic heterocycles. The lowest BCUT2D eigenvalue weighted by Gasteiger charge is -2.01. The number of halogens is 1. The minimum atomic E-state index is -1.31. The first-order valence-electron chi connectivity index (χ1n) is 2.53. The minimum Gasteiger partial charge on any atom is -0.545 e. The van der Waals surface area contributed by atoms with Gasteiger partial charge < -0.3 is 9.90 Å². The molecule has 0 saturated heterocycles. The van der Waals surface area contributed by atoms with E-state index in [-0.39, 0.29) is 10.7 Å². The molecule has 0 aromatic carbocycles. The standard InChI is InChI=1S/C6H4ClNO2/c7-5-4(6(9)10)2-1-3-8-5/h1-3H,(H,9,10)/p-1. The molecular weight excluding hydrogens is 154 g/mol. The monoisotopic (exact) mass is 156 g/mol. The van der Waals surface area contributed by atoms with E-state index in [0.717, 1.165) is 0 Å². The molecule has 0 bridgehead atoms. The van der Waals surface area contributed by atoms with Gasteiger partial charge in [-0.1, -0.05) is 11.6 Å². The Morgan fingerprint density at radius 2 is 2.40 bits per heavy atom. The lowest BCUT2D eigenvalue weighted by molar-refractivity contribution is -0.255. The molecule has 0 spiro atoms. The van der Waals surface area contributed by atoms with Crippen molar-refractivity contribution in [3.8, 4) is 0 Å². The molecule has 52 valence electrons. The van der Waals surface area contributed by atoms with Crippen LogP contribution in [0.3, 0.4) is 0 Å². The first-order chi connectivity index (χ1) is 4.72. The number of carboxylic acids is 1. The topological polar surface area (TPSA) is 53.0 Å². The maximum absolute atomic E-state index is 10.2. The van der Waals surface area contributed by atoms with Crippen molar-refractivity contribution in [2.45, 2.75) is 0 Å². The molecule has 0 radical (unpaired) electrons. The summed E-state index contributed by atoms with van der Waals surface area (Å²) in [5, 5.41) is 10.1. The second-order valence-electron chi connectivity index (χ2n) is 1.63. The van der Waals surface area contributed by atoms with Gasteiger partial charge in [0.2, 0.25) is 0 Å². The third kappa shape index (κ3) is 1.25. The second-order valence-corrected chi connectivity index (χ2v) is 1.99. The maximum Gasteiger partial charge on any atom is 0.138 e. The first kappa shape index (κ1) is 7.02. The molecule has 0 amide bonds. The van der Waals surface area contributed by atoms with Crippen molar-refractivity contribution in [2.24, 2.45) is 0 Å². The normalized spacial score (nSPS) is 9.30. The van der Waals surface area contributed by atoms with Gasteiger partial charge in [-0.3, -0.25) is 0 Å². The van der Waals surface area contributed by atoms with Crippen LogP contribution in [-0.2, 0) is 0 Å². The SMILES string of the molecule is O=C([O-])c1cccnc1Cl. The minimum absolute atomic E-state index is 0.0394. The Balaban J connectivity index is 3.15. The fourth-order valence-corrected chi connectivity index (χ4v) is 0.735. The van der Waals surface area contributed by atoms with Crippen molar-refractivity contribution in [3.63, 3.8) is 0 Å². The smallest absolute Gasteiger partial charge is 0.138 e. The number of carboxylic acid groups (broad SMARTS) is 1. The summed E-state index contributed by atoms with van der Waals surface area (Å²) < 4.78 is 0. The predicted molar refractivity (Wildman–Crippen MR) is 33.6 cm³/mol. The number of pyridine rings is 1. The average Bonchev–Trinajstić information content (AvgIpc) is 1.88. The van der Waals surface area contributed by atoms with Crippen molar-refractivity contribution in [3.05, 3.63) is 29.0 Å². The molecule has 1 aromatic heterocycles. The molecule has 3 nitrogen and oxygen atoms in total. The molecule has 0 unspecified atom stereocenters. The molecule has 0 aliphatic rings. The molecule has 0 saturated carbocycles. The Morgan fingerprint density at radius 3 is 2.80 bits per heavy atom. The summed E-state index contributed by atoms with van der Waals surface area (Å²) in [5.74, 6) is -1.31. The lowest BCUT2D eigenvalue weighted by atomic mass is 10.3. The van der Waals surface area contributed by atoms with Crippen LogP contribution < -0.4 is 5.11 Å². The quantitative estimate of drug-likeness (QED) is 0.542. The lowest BCUT2D eigenvalue weighted by Crippen LogP contribution is -2.22. The van der Waals surface area contributed by atoms with Crippen LogP contribution in [0.2, 0.25) is 5.15 Å². The molecule has 4 heteroatoms. The Kier molecular flexibility index (Phi) is 1.87. The number of rotatable bonds is 1. The summed E-state index contributed by atoms with van der Waals surface area (Å²) in [6, 6.07) is 2.82. The van der Waals surface area contributed by atoms with Crippen molar-refractivity contribution in [2.75, 3.05) is 0 Å². The number of hydrogen-bond donors (Lipinski definition) is 0. The largest absolute Gasteiger partial charge is 0.545 e. The zero-order valence-corrected chi connectivity index (χ0v) is 5.63. The molecule has 1 rings (SSSR count). The highest BCUT2D eigenvalue weighted by Crippen LogP contribution is 2.09. The van der Waals surface area contributed by atoms with Gasteiger partial charge in [0.1, 0.15) is 5.15 Å². The van der Waals surface area contributed by atoms with Crippen LogP contribution in [0.15, 0.2) is 18.3 Å². The summed E-state index contributed by atoms with van der Waals surface area (Å²) in [7, 11) is 0. The molecule has 1 aromatic rings. The van der Waals surface area contributed by atoms with E-state index < -0.39 is 5.97 Å².